The molecule has 2 rings (SSSR count). The van der Waals surface area contributed by atoms with Crippen molar-refractivity contribution in [2.75, 3.05) is 6.54 Å². The van der Waals surface area contributed by atoms with Crippen LogP contribution in [0.15, 0.2) is 29.1 Å². The van der Waals surface area contributed by atoms with Crippen LogP contribution in [0.25, 0.3) is 10.9 Å². The van der Waals surface area contributed by atoms with Crippen LogP contribution in [-0.2, 0) is 11.3 Å². The van der Waals surface area contributed by atoms with Crippen LogP contribution in [0.2, 0.25) is 0 Å². The molecule has 2 N–H and O–H groups in total. The fourth-order valence-corrected chi connectivity index (χ4v) is 2.27. The average molecular weight is 321 g/mol. The molecule has 0 aliphatic heterocycles. The lowest BCUT2D eigenvalue weighted by Gasteiger charge is -2.19. The molecule has 0 aliphatic carbocycles. The van der Waals surface area contributed by atoms with Gasteiger partial charge in [-0.2, -0.15) is 0 Å². The number of rotatable bonds is 3. The third-order valence-corrected chi connectivity index (χ3v) is 3.22. The van der Waals surface area contributed by atoms with Crippen molar-refractivity contribution in [1.29, 1.82) is 0 Å². The number of nitrogens with zero attached hydrogens (tertiary/aromatic N) is 1. The summed E-state index contributed by atoms with van der Waals surface area (Å²) in [7, 11) is 0. The zero-order chi connectivity index (χ0) is 16.3. The number of hydrogen-bond donors (Lipinski definition) is 2. The molecule has 0 atom stereocenters. The highest BCUT2D eigenvalue weighted by atomic mass is 32.1. The molecule has 0 aliphatic rings. The van der Waals surface area contributed by atoms with Crippen LogP contribution < -0.4 is 10.9 Å². The van der Waals surface area contributed by atoms with Crippen LogP contribution in [-0.4, -0.2) is 27.8 Å². The smallest absolute Gasteiger partial charge is 0.407 e. The summed E-state index contributed by atoms with van der Waals surface area (Å²) in [4.78, 5) is 27.0. The zero-order valence-electron chi connectivity index (χ0n) is 12.8. The van der Waals surface area contributed by atoms with E-state index in [1.54, 1.807) is 39.0 Å². The minimum atomic E-state index is -0.555. The van der Waals surface area contributed by atoms with E-state index in [1.165, 1.54) is 4.57 Å². The minimum Gasteiger partial charge on any atom is -0.444 e. The van der Waals surface area contributed by atoms with Crippen molar-refractivity contribution < 1.29 is 9.53 Å². The van der Waals surface area contributed by atoms with Gasteiger partial charge in [0, 0.05) is 13.1 Å². The second-order valence-corrected chi connectivity index (χ2v) is 6.25. The molecule has 118 valence electrons. The molecular weight excluding hydrogens is 302 g/mol. The third kappa shape index (κ3) is 3.94. The zero-order valence-corrected chi connectivity index (χ0v) is 13.6. The lowest BCUT2D eigenvalue weighted by molar-refractivity contribution is 0.0526. The number of para-hydroxylation sites is 1. The molecule has 7 heteroatoms. The van der Waals surface area contributed by atoms with Crippen LogP contribution in [0.3, 0.4) is 0 Å². The maximum absolute atomic E-state index is 12.4. The molecule has 22 heavy (non-hydrogen) atoms. The molecule has 2 aromatic rings. The predicted octanol–water partition coefficient (Wildman–Crippen LogP) is 2.58. The van der Waals surface area contributed by atoms with Crippen molar-refractivity contribution in [3.8, 4) is 0 Å². The number of hydrogen-bond acceptors (Lipinski definition) is 4. The van der Waals surface area contributed by atoms with Gasteiger partial charge in [0.25, 0.3) is 5.56 Å². The summed E-state index contributed by atoms with van der Waals surface area (Å²) in [6.07, 6.45) is -0.517. The number of carbonyl (C=O) groups is 1. The number of amides is 1. The first-order chi connectivity index (χ1) is 10.3. The number of carbonyl (C=O) groups excluding carboxylic acids is 1. The summed E-state index contributed by atoms with van der Waals surface area (Å²) in [6, 6.07) is 7.17. The fourth-order valence-electron chi connectivity index (χ4n) is 1.99. The Labute approximate surface area is 133 Å². The van der Waals surface area contributed by atoms with E-state index in [9.17, 15) is 9.59 Å². The molecular formula is C15H19N3O3S. The second-order valence-electron chi connectivity index (χ2n) is 5.86. The Morgan fingerprint density at radius 1 is 1.36 bits per heavy atom. The molecule has 6 nitrogen and oxygen atoms in total. The summed E-state index contributed by atoms with van der Waals surface area (Å²) < 4.78 is 6.89. The Morgan fingerprint density at radius 2 is 2.05 bits per heavy atom. The van der Waals surface area contributed by atoms with E-state index in [2.05, 4.69) is 10.3 Å². The molecule has 1 aromatic heterocycles. The van der Waals surface area contributed by atoms with Crippen LogP contribution in [0.1, 0.15) is 20.8 Å². The summed E-state index contributed by atoms with van der Waals surface area (Å²) in [5, 5.41) is 3.17. The quantitative estimate of drug-likeness (QED) is 0.852. The van der Waals surface area contributed by atoms with Crippen molar-refractivity contribution >= 4 is 29.2 Å². The summed E-state index contributed by atoms with van der Waals surface area (Å²) in [5.74, 6) is 0. The number of aromatic nitrogens is 2. The van der Waals surface area contributed by atoms with Gasteiger partial charge in [-0.3, -0.25) is 9.36 Å². The van der Waals surface area contributed by atoms with E-state index in [-0.39, 0.29) is 18.6 Å². The van der Waals surface area contributed by atoms with Gasteiger partial charge in [-0.05, 0) is 45.1 Å². The Morgan fingerprint density at radius 3 is 2.73 bits per heavy atom. The molecule has 0 radical (unpaired) electrons. The van der Waals surface area contributed by atoms with Gasteiger partial charge < -0.3 is 15.0 Å². The standard InChI is InChI=1S/C15H19N3O3S/c1-15(2,3)21-14(20)16-8-9-18-12(19)10-6-4-5-7-11(10)17-13(18)22/h4-7H,8-9H2,1-3H3,(H,16,20)(H,17,22). The van der Waals surface area contributed by atoms with E-state index >= 15 is 0 Å². The van der Waals surface area contributed by atoms with Gasteiger partial charge in [0.15, 0.2) is 4.77 Å². The maximum atomic E-state index is 12.4. The summed E-state index contributed by atoms with van der Waals surface area (Å²) in [6.45, 7) is 5.90. The minimum absolute atomic E-state index is 0.176. The topological polar surface area (TPSA) is 76.1 Å². The molecule has 0 saturated heterocycles. The van der Waals surface area contributed by atoms with Gasteiger partial charge in [0.05, 0.1) is 10.9 Å². The van der Waals surface area contributed by atoms with Gasteiger partial charge in [0.1, 0.15) is 5.60 Å². The van der Waals surface area contributed by atoms with Crippen LogP contribution in [0.5, 0.6) is 0 Å². The number of alkyl carbamates (subject to hydrolysis) is 1. The number of aromatic amines is 1. The number of fused-ring (bicyclic) bond motifs is 1. The Balaban J connectivity index is 2.11. The van der Waals surface area contributed by atoms with Crippen molar-refractivity contribution in [3.63, 3.8) is 0 Å². The van der Waals surface area contributed by atoms with Gasteiger partial charge in [-0.25, -0.2) is 4.79 Å². The monoisotopic (exact) mass is 321 g/mol. The highest BCUT2D eigenvalue weighted by molar-refractivity contribution is 7.71. The van der Waals surface area contributed by atoms with Gasteiger partial charge in [-0.1, -0.05) is 12.1 Å². The van der Waals surface area contributed by atoms with E-state index < -0.39 is 11.7 Å². The Hall–Kier alpha value is -2.15. The van der Waals surface area contributed by atoms with Gasteiger partial charge >= 0.3 is 6.09 Å². The molecule has 0 fully saturated rings. The predicted molar refractivity (Wildman–Crippen MR) is 87.6 cm³/mol. The van der Waals surface area contributed by atoms with Crippen LogP contribution in [0.4, 0.5) is 4.79 Å². The largest absolute Gasteiger partial charge is 0.444 e. The average Bonchev–Trinajstić information content (AvgIpc) is 2.40. The van der Waals surface area contributed by atoms with Crippen LogP contribution in [0, 0.1) is 4.77 Å². The molecule has 1 amide bonds. The van der Waals surface area contributed by atoms with E-state index in [4.69, 9.17) is 17.0 Å². The van der Waals surface area contributed by atoms with Crippen molar-refractivity contribution in [2.45, 2.75) is 32.9 Å². The molecule has 0 saturated carbocycles. The molecule has 0 bridgehead atoms. The van der Waals surface area contributed by atoms with E-state index in [0.29, 0.717) is 15.7 Å². The highest BCUT2D eigenvalue weighted by Crippen LogP contribution is 2.07. The maximum Gasteiger partial charge on any atom is 0.407 e. The van der Waals surface area contributed by atoms with E-state index in [1.807, 2.05) is 6.07 Å². The second kappa shape index (κ2) is 6.31. The first-order valence-corrected chi connectivity index (χ1v) is 7.37. The number of H-pyrrole nitrogens is 1. The Kier molecular flexibility index (Phi) is 4.65. The molecule has 1 aromatic carbocycles. The van der Waals surface area contributed by atoms with Crippen molar-refractivity contribution in [1.82, 2.24) is 14.9 Å². The summed E-state index contributed by atoms with van der Waals surface area (Å²) >= 11 is 5.20. The van der Waals surface area contributed by atoms with Crippen molar-refractivity contribution in [2.24, 2.45) is 0 Å². The highest BCUT2D eigenvalue weighted by Gasteiger charge is 2.15. The van der Waals surface area contributed by atoms with E-state index in [0.717, 1.165) is 0 Å². The lowest BCUT2D eigenvalue weighted by Crippen LogP contribution is -2.35. The summed E-state index contributed by atoms with van der Waals surface area (Å²) in [5.41, 5.74) is -0.0277. The van der Waals surface area contributed by atoms with Gasteiger partial charge in [0.2, 0.25) is 0 Å². The van der Waals surface area contributed by atoms with Crippen molar-refractivity contribution in [3.05, 3.63) is 39.4 Å². The van der Waals surface area contributed by atoms with Crippen LogP contribution >= 0.6 is 12.2 Å². The van der Waals surface area contributed by atoms with Gasteiger partial charge in [-0.15, -0.1) is 0 Å². The SMILES string of the molecule is CC(C)(C)OC(=O)NCCn1c(=S)[nH]c2ccccc2c1=O. The normalized spacial score (nSPS) is 11.4. The molecule has 0 unspecified atom stereocenters. The lowest BCUT2D eigenvalue weighted by atomic mass is 10.2. The fraction of sp³-hybridized carbons (Fsp3) is 0.400. The third-order valence-electron chi connectivity index (χ3n) is 2.89. The molecule has 1 heterocycles. The Bertz CT molecular complexity index is 802. The first kappa shape index (κ1) is 16.2. The number of ether oxygens (including phenoxy) is 1. The number of nitrogens with one attached hydrogen (secondary N) is 2. The molecule has 0 spiro atoms. The first-order valence-electron chi connectivity index (χ1n) is 6.96. The number of benzene rings is 1.